The predicted molar refractivity (Wildman–Crippen MR) is 107 cm³/mol. The lowest BCUT2D eigenvalue weighted by atomic mass is 10.0. The van der Waals surface area contributed by atoms with Gasteiger partial charge in [0.15, 0.2) is 5.82 Å². The van der Waals surface area contributed by atoms with Gasteiger partial charge in [-0.15, -0.1) is 5.10 Å². The number of hydrogen-bond donors (Lipinski definition) is 1. The van der Waals surface area contributed by atoms with Gasteiger partial charge in [-0.25, -0.2) is 4.52 Å². The molecule has 2 aromatic heterocycles. The van der Waals surface area contributed by atoms with Crippen molar-refractivity contribution < 1.29 is 4.74 Å². The molecule has 0 bridgehead atoms. The Balaban J connectivity index is 1.75. The number of nitrogens with one attached hydrogen (secondary N) is 1. The van der Waals surface area contributed by atoms with E-state index in [1.165, 1.54) is 12.0 Å². The van der Waals surface area contributed by atoms with Crippen LogP contribution in [0.15, 0.2) is 34.9 Å². The molecule has 0 spiro atoms. The van der Waals surface area contributed by atoms with Crippen molar-refractivity contribution in [2.45, 2.75) is 38.8 Å². The Hall–Kier alpha value is -1.63. The maximum Gasteiger partial charge on any atom is 0.243 e. The number of rotatable bonds is 4. The van der Waals surface area contributed by atoms with Crippen LogP contribution < -0.4 is 5.32 Å². The van der Waals surface area contributed by atoms with E-state index < -0.39 is 0 Å². The van der Waals surface area contributed by atoms with Crippen LogP contribution in [0.25, 0.3) is 5.52 Å². The van der Waals surface area contributed by atoms with Gasteiger partial charge in [0.05, 0.1) is 6.10 Å². The minimum absolute atomic E-state index is 0.0839. The summed E-state index contributed by atoms with van der Waals surface area (Å²) in [5.74, 6) is 0.731. The molecule has 1 N–H and O–H groups in total. The molecule has 26 heavy (non-hydrogen) atoms. The smallest absolute Gasteiger partial charge is 0.243 e. The van der Waals surface area contributed by atoms with Crippen LogP contribution in [0.2, 0.25) is 5.28 Å². The molecule has 1 aliphatic rings. The van der Waals surface area contributed by atoms with Crippen molar-refractivity contribution in [2.75, 3.05) is 11.9 Å². The fourth-order valence-corrected chi connectivity index (χ4v) is 4.49. The number of aryl methyl sites for hydroxylation is 1. The predicted octanol–water partition coefficient (Wildman–Crippen LogP) is 5.31. The van der Waals surface area contributed by atoms with E-state index in [0.29, 0.717) is 6.54 Å². The van der Waals surface area contributed by atoms with Gasteiger partial charge in [-0.1, -0.05) is 30.3 Å². The average Bonchev–Trinajstić information content (AvgIpc) is 2.92. The number of fused-ring (bicyclic) bond motifs is 1. The summed E-state index contributed by atoms with van der Waals surface area (Å²) in [5.41, 5.74) is 4.38. The number of benzene rings is 1. The average molecular weight is 436 g/mol. The van der Waals surface area contributed by atoms with Gasteiger partial charge in [0.1, 0.15) is 10.1 Å². The van der Waals surface area contributed by atoms with Crippen LogP contribution in [-0.4, -0.2) is 21.2 Å². The number of nitrogens with zero attached hydrogens (tertiary/aromatic N) is 3. The largest absolute Gasteiger partial charge is 0.373 e. The van der Waals surface area contributed by atoms with Gasteiger partial charge in [0.2, 0.25) is 5.28 Å². The van der Waals surface area contributed by atoms with Crippen LogP contribution in [0.5, 0.6) is 0 Å². The molecule has 0 amide bonds. The summed E-state index contributed by atoms with van der Waals surface area (Å²) in [4.78, 5) is 4.44. The normalized spacial score (nSPS) is 17.6. The van der Waals surface area contributed by atoms with E-state index in [1.807, 2.05) is 22.7 Å². The molecule has 1 aliphatic heterocycles. The quantitative estimate of drug-likeness (QED) is 0.603. The van der Waals surface area contributed by atoms with Crippen molar-refractivity contribution in [1.29, 1.82) is 0 Å². The van der Waals surface area contributed by atoms with E-state index in [2.05, 4.69) is 50.4 Å². The lowest BCUT2D eigenvalue weighted by Gasteiger charge is -2.23. The summed E-state index contributed by atoms with van der Waals surface area (Å²) in [5, 5.41) is 8.01. The maximum atomic E-state index is 6.19. The lowest BCUT2D eigenvalue weighted by Crippen LogP contribution is -2.12. The fraction of sp³-hybridized carbons (Fsp3) is 0.368. The molecule has 1 unspecified atom stereocenters. The Labute approximate surface area is 165 Å². The van der Waals surface area contributed by atoms with Crippen molar-refractivity contribution in [3.63, 3.8) is 0 Å². The van der Waals surface area contributed by atoms with Crippen LogP contribution in [0, 0.1) is 6.92 Å². The summed E-state index contributed by atoms with van der Waals surface area (Å²) in [6.07, 6.45) is 3.40. The first-order chi connectivity index (χ1) is 12.6. The van der Waals surface area contributed by atoms with Crippen LogP contribution in [0.3, 0.4) is 0 Å². The summed E-state index contributed by atoms with van der Waals surface area (Å²) >= 11 is 9.90. The van der Waals surface area contributed by atoms with Crippen LogP contribution >= 0.6 is 27.5 Å². The number of ether oxygens (including phenoxy) is 1. The van der Waals surface area contributed by atoms with Crippen molar-refractivity contribution in [3.05, 3.63) is 56.9 Å². The zero-order valence-corrected chi connectivity index (χ0v) is 16.8. The van der Waals surface area contributed by atoms with E-state index >= 15 is 0 Å². The third kappa shape index (κ3) is 3.33. The molecule has 136 valence electrons. The van der Waals surface area contributed by atoms with E-state index in [9.17, 15) is 0 Å². The molecule has 1 fully saturated rings. The second-order valence-corrected chi connectivity index (χ2v) is 7.60. The summed E-state index contributed by atoms with van der Waals surface area (Å²) in [7, 11) is 0. The van der Waals surface area contributed by atoms with E-state index in [-0.39, 0.29) is 11.4 Å². The zero-order chi connectivity index (χ0) is 18.1. The van der Waals surface area contributed by atoms with Crippen molar-refractivity contribution >= 4 is 38.9 Å². The SMILES string of the molecule is Cc1c(C2CCCCO2)c(Br)n2nc(Cl)nc(NCc3ccccc3)c12. The van der Waals surface area contributed by atoms with Crippen LogP contribution in [-0.2, 0) is 11.3 Å². The van der Waals surface area contributed by atoms with Gasteiger partial charge < -0.3 is 10.1 Å². The number of anilines is 1. The molecule has 1 saturated heterocycles. The Morgan fingerprint density at radius 2 is 2.12 bits per heavy atom. The molecule has 1 atom stereocenters. The van der Waals surface area contributed by atoms with Gasteiger partial charge in [0.25, 0.3) is 0 Å². The molecule has 1 aromatic carbocycles. The summed E-state index contributed by atoms with van der Waals surface area (Å²) in [6, 6.07) is 10.2. The Morgan fingerprint density at radius 1 is 1.31 bits per heavy atom. The first-order valence-corrected chi connectivity index (χ1v) is 9.96. The highest BCUT2D eigenvalue weighted by Gasteiger charge is 2.27. The molecule has 0 radical (unpaired) electrons. The van der Waals surface area contributed by atoms with E-state index in [0.717, 1.165) is 46.5 Å². The number of hydrogen-bond acceptors (Lipinski definition) is 4. The third-order valence-corrected chi connectivity index (χ3v) is 5.72. The molecule has 7 heteroatoms. The number of aromatic nitrogens is 3. The molecule has 3 aromatic rings. The third-order valence-electron chi connectivity index (χ3n) is 4.79. The maximum absolute atomic E-state index is 6.19. The highest BCUT2D eigenvalue weighted by molar-refractivity contribution is 9.10. The number of halogens is 2. The minimum atomic E-state index is 0.0839. The standard InChI is InChI=1S/C19H20BrClN4O/c1-12-15(14-9-5-6-10-26-14)17(20)25-16(12)18(23-19(21)24-25)22-11-13-7-3-2-4-8-13/h2-4,7-8,14H,5-6,9-11H2,1H3,(H,22,23,24). The van der Waals surface area contributed by atoms with Gasteiger partial charge in [0, 0.05) is 18.7 Å². The van der Waals surface area contributed by atoms with Crippen LogP contribution in [0.4, 0.5) is 5.82 Å². The minimum Gasteiger partial charge on any atom is -0.373 e. The topological polar surface area (TPSA) is 51.5 Å². The van der Waals surface area contributed by atoms with Gasteiger partial charge in [-0.3, -0.25) is 0 Å². The first kappa shape index (κ1) is 17.8. The Bertz CT molecular complexity index is 922. The zero-order valence-electron chi connectivity index (χ0n) is 14.5. The Morgan fingerprint density at radius 3 is 2.85 bits per heavy atom. The highest BCUT2D eigenvalue weighted by Crippen LogP contribution is 2.39. The van der Waals surface area contributed by atoms with E-state index in [4.69, 9.17) is 16.3 Å². The van der Waals surface area contributed by atoms with Gasteiger partial charge >= 0.3 is 0 Å². The van der Waals surface area contributed by atoms with Gasteiger partial charge in [-0.2, -0.15) is 4.98 Å². The summed E-state index contributed by atoms with van der Waals surface area (Å²) < 4.78 is 8.73. The van der Waals surface area contributed by atoms with E-state index in [1.54, 1.807) is 0 Å². The van der Waals surface area contributed by atoms with Crippen molar-refractivity contribution in [2.24, 2.45) is 0 Å². The molecule has 3 heterocycles. The van der Waals surface area contributed by atoms with Crippen molar-refractivity contribution in [1.82, 2.24) is 14.6 Å². The lowest BCUT2D eigenvalue weighted by molar-refractivity contribution is 0.0142. The summed E-state index contributed by atoms with van der Waals surface area (Å²) in [6.45, 7) is 3.56. The molecule has 5 nitrogen and oxygen atoms in total. The first-order valence-electron chi connectivity index (χ1n) is 8.79. The molecular weight excluding hydrogens is 416 g/mol. The molecule has 4 rings (SSSR count). The van der Waals surface area contributed by atoms with Crippen LogP contribution in [0.1, 0.15) is 42.1 Å². The Kier molecular flexibility index (Phi) is 5.16. The molecule has 0 saturated carbocycles. The van der Waals surface area contributed by atoms with Gasteiger partial charge in [-0.05, 0) is 64.8 Å². The second-order valence-electron chi connectivity index (χ2n) is 6.51. The second kappa shape index (κ2) is 7.55. The van der Waals surface area contributed by atoms with Crippen molar-refractivity contribution in [3.8, 4) is 0 Å². The monoisotopic (exact) mass is 434 g/mol. The molecule has 0 aliphatic carbocycles. The highest BCUT2D eigenvalue weighted by atomic mass is 79.9. The fourth-order valence-electron chi connectivity index (χ4n) is 3.52. The molecular formula is C19H20BrClN4O.